The average Bonchev–Trinajstić information content (AvgIpc) is 2.73. The maximum absolute atomic E-state index is 11.8. The van der Waals surface area contributed by atoms with Gasteiger partial charge < -0.3 is 14.2 Å². The average molecular weight is 270 g/mol. The number of rotatable bonds is 1. The SMILES string of the molecule is CC1(C)O[C@@H]2COC(C3C(=O)NC(=O)NC3=O)[C@@H]2O1. The second-order valence-corrected chi connectivity index (χ2v) is 5.22. The van der Waals surface area contributed by atoms with Gasteiger partial charge in [-0.05, 0) is 13.8 Å². The van der Waals surface area contributed by atoms with Crippen molar-refractivity contribution in [3.63, 3.8) is 0 Å². The van der Waals surface area contributed by atoms with E-state index in [2.05, 4.69) is 10.6 Å². The van der Waals surface area contributed by atoms with Crippen LogP contribution in [-0.4, -0.2) is 48.6 Å². The van der Waals surface area contributed by atoms with Crippen LogP contribution in [0.15, 0.2) is 0 Å². The van der Waals surface area contributed by atoms with Crippen molar-refractivity contribution < 1.29 is 28.6 Å². The lowest BCUT2D eigenvalue weighted by atomic mass is 9.94. The lowest BCUT2D eigenvalue weighted by molar-refractivity contribution is -0.183. The zero-order valence-electron chi connectivity index (χ0n) is 10.5. The minimum Gasteiger partial charge on any atom is -0.371 e. The third kappa shape index (κ3) is 2.01. The highest BCUT2D eigenvalue weighted by molar-refractivity contribution is 6.16. The van der Waals surface area contributed by atoms with Gasteiger partial charge in [0, 0.05) is 0 Å². The smallest absolute Gasteiger partial charge is 0.328 e. The maximum Gasteiger partial charge on any atom is 0.328 e. The van der Waals surface area contributed by atoms with Gasteiger partial charge in [-0.15, -0.1) is 0 Å². The fourth-order valence-electron chi connectivity index (χ4n) is 2.69. The number of amides is 4. The van der Waals surface area contributed by atoms with Crippen molar-refractivity contribution in [2.24, 2.45) is 5.92 Å². The van der Waals surface area contributed by atoms with E-state index in [0.29, 0.717) is 0 Å². The first-order valence-corrected chi connectivity index (χ1v) is 6.00. The summed E-state index contributed by atoms with van der Waals surface area (Å²) in [4.78, 5) is 34.6. The first kappa shape index (κ1) is 12.5. The molecule has 8 nitrogen and oxygen atoms in total. The quantitative estimate of drug-likeness (QED) is 0.585. The molecule has 19 heavy (non-hydrogen) atoms. The summed E-state index contributed by atoms with van der Waals surface area (Å²) in [5.74, 6) is -3.22. The molecule has 0 aromatic rings. The molecule has 0 bridgehead atoms. The number of fused-ring (bicyclic) bond motifs is 1. The van der Waals surface area contributed by atoms with Gasteiger partial charge >= 0.3 is 6.03 Å². The lowest BCUT2D eigenvalue weighted by Crippen LogP contribution is -2.60. The van der Waals surface area contributed by atoms with Crippen molar-refractivity contribution in [1.29, 1.82) is 0 Å². The predicted molar refractivity (Wildman–Crippen MR) is 58.7 cm³/mol. The molecule has 3 rings (SSSR count). The predicted octanol–water partition coefficient (Wildman–Crippen LogP) is -1.11. The molecule has 0 aromatic heterocycles. The van der Waals surface area contributed by atoms with Crippen LogP contribution < -0.4 is 10.6 Å². The lowest BCUT2D eigenvalue weighted by Gasteiger charge is -2.28. The topological polar surface area (TPSA) is 103 Å². The van der Waals surface area contributed by atoms with Crippen LogP contribution in [0.5, 0.6) is 0 Å². The van der Waals surface area contributed by atoms with E-state index in [1.807, 2.05) is 0 Å². The van der Waals surface area contributed by atoms with Gasteiger partial charge in [-0.3, -0.25) is 20.2 Å². The zero-order valence-corrected chi connectivity index (χ0v) is 10.5. The molecule has 4 amide bonds. The van der Waals surface area contributed by atoms with Gasteiger partial charge in [0.25, 0.3) is 0 Å². The van der Waals surface area contributed by atoms with Gasteiger partial charge in [-0.2, -0.15) is 0 Å². The number of barbiturate groups is 1. The minimum atomic E-state index is -1.11. The molecule has 3 saturated heterocycles. The van der Waals surface area contributed by atoms with Gasteiger partial charge in [0.15, 0.2) is 5.79 Å². The van der Waals surface area contributed by atoms with E-state index in [0.717, 1.165) is 0 Å². The van der Waals surface area contributed by atoms with E-state index >= 15 is 0 Å². The summed E-state index contributed by atoms with van der Waals surface area (Å²) in [6.07, 6.45) is -1.55. The molecule has 1 unspecified atom stereocenters. The summed E-state index contributed by atoms with van der Waals surface area (Å²) in [5.41, 5.74) is 0. The first-order chi connectivity index (χ1) is 8.87. The van der Waals surface area contributed by atoms with Gasteiger partial charge in [-0.25, -0.2) is 4.79 Å². The van der Waals surface area contributed by atoms with Crippen molar-refractivity contribution in [2.75, 3.05) is 6.61 Å². The van der Waals surface area contributed by atoms with Crippen molar-refractivity contribution >= 4 is 17.8 Å². The third-order valence-corrected chi connectivity index (χ3v) is 3.37. The highest BCUT2D eigenvalue weighted by Crippen LogP contribution is 2.38. The third-order valence-electron chi connectivity index (χ3n) is 3.37. The van der Waals surface area contributed by atoms with Crippen molar-refractivity contribution in [3.05, 3.63) is 0 Å². The van der Waals surface area contributed by atoms with E-state index < -0.39 is 41.8 Å². The van der Waals surface area contributed by atoms with Gasteiger partial charge in [0.1, 0.15) is 24.2 Å². The maximum atomic E-state index is 11.8. The normalized spacial score (nSPS) is 38.0. The highest BCUT2D eigenvalue weighted by atomic mass is 16.8. The molecule has 2 N–H and O–H groups in total. The molecule has 0 spiro atoms. The number of hydrogen-bond acceptors (Lipinski definition) is 6. The van der Waals surface area contributed by atoms with Crippen LogP contribution in [0.25, 0.3) is 0 Å². The van der Waals surface area contributed by atoms with Gasteiger partial charge in [0.05, 0.1) is 6.61 Å². The Kier molecular flexibility index (Phi) is 2.63. The fourth-order valence-corrected chi connectivity index (χ4v) is 2.69. The Hall–Kier alpha value is -1.51. The number of nitrogens with one attached hydrogen (secondary N) is 2. The molecule has 3 fully saturated rings. The fraction of sp³-hybridized carbons (Fsp3) is 0.727. The Morgan fingerprint density at radius 1 is 1.05 bits per heavy atom. The molecule has 0 aromatic carbocycles. The number of hydrogen-bond donors (Lipinski definition) is 2. The summed E-state index contributed by atoms with van der Waals surface area (Å²) in [6.45, 7) is 3.77. The van der Waals surface area contributed by atoms with Crippen LogP contribution in [0.3, 0.4) is 0 Å². The van der Waals surface area contributed by atoms with E-state index in [4.69, 9.17) is 14.2 Å². The van der Waals surface area contributed by atoms with E-state index in [-0.39, 0.29) is 12.7 Å². The summed E-state index contributed by atoms with van der Waals surface area (Å²) in [5, 5.41) is 4.10. The summed E-state index contributed by atoms with van der Waals surface area (Å²) in [6, 6.07) is -0.815. The standard InChI is InChI=1S/C11H14N2O6/c1-11(2)18-4-3-17-7(6(4)19-11)5-8(14)12-10(16)13-9(5)15/h4-7H,3H2,1-2H3,(H2,12,13,14,15,16)/t4-,6-,7?/m1/s1. The van der Waals surface area contributed by atoms with Crippen LogP contribution >= 0.6 is 0 Å². The molecule has 0 aliphatic carbocycles. The first-order valence-electron chi connectivity index (χ1n) is 6.00. The molecule has 104 valence electrons. The second-order valence-electron chi connectivity index (χ2n) is 5.22. The summed E-state index contributed by atoms with van der Waals surface area (Å²) >= 11 is 0. The molecule has 3 aliphatic heterocycles. The highest BCUT2D eigenvalue weighted by Gasteiger charge is 2.56. The number of imide groups is 2. The molecular weight excluding hydrogens is 256 g/mol. The van der Waals surface area contributed by atoms with Crippen LogP contribution in [0, 0.1) is 5.92 Å². The van der Waals surface area contributed by atoms with Gasteiger partial charge in [0.2, 0.25) is 11.8 Å². The van der Waals surface area contributed by atoms with Gasteiger partial charge in [-0.1, -0.05) is 0 Å². The monoisotopic (exact) mass is 270 g/mol. The van der Waals surface area contributed by atoms with Crippen LogP contribution in [0.1, 0.15) is 13.8 Å². The largest absolute Gasteiger partial charge is 0.371 e. The van der Waals surface area contributed by atoms with Crippen LogP contribution in [0.2, 0.25) is 0 Å². The molecular formula is C11H14N2O6. The van der Waals surface area contributed by atoms with E-state index in [1.54, 1.807) is 13.8 Å². The number of urea groups is 1. The van der Waals surface area contributed by atoms with Crippen molar-refractivity contribution in [2.45, 2.75) is 37.9 Å². The molecule has 3 heterocycles. The number of carbonyl (C=O) groups is 3. The Balaban J connectivity index is 1.81. The number of carbonyl (C=O) groups excluding carboxylic acids is 3. The Labute approximate surface area is 108 Å². The Morgan fingerprint density at radius 2 is 1.68 bits per heavy atom. The Bertz CT molecular complexity index is 442. The van der Waals surface area contributed by atoms with Crippen LogP contribution in [0.4, 0.5) is 4.79 Å². The van der Waals surface area contributed by atoms with E-state index in [9.17, 15) is 14.4 Å². The minimum absolute atomic E-state index is 0.254. The summed E-state index contributed by atoms with van der Waals surface area (Å²) in [7, 11) is 0. The van der Waals surface area contributed by atoms with Crippen molar-refractivity contribution in [1.82, 2.24) is 10.6 Å². The van der Waals surface area contributed by atoms with Crippen LogP contribution in [-0.2, 0) is 23.8 Å². The zero-order chi connectivity index (χ0) is 13.8. The molecule has 3 aliphatic rings. The molecule has 8 heteroatoms. The van der Waals surface area contributed by atoms with Crippen molar-refractivity contribution in [3.8, 4) is 0 Å². The Morgan fingerprint density at radius 3 is 2.32 bits per heavy atom. The second kappa shape index (κ2) is 3.99. The molecule has 3 atom stereocenters. The van der Waals surface area contributed by atoms with E-state index in [1.165, 1.54) is 0 Å². The molecule has 0 saturated carbocycles. The summed E-state index contributed by atoms with van der Waals surface area (Å²) < 4.78 is 16.7. The number of ether oxygens (including phenoxy) is 3. The molecule has 0 radical (unpaired) electrons.